The first-order valence-corrected chi connectivity index (χ1v) is 6.95. The van der Waals surface area contributed by atoms with Gasteiger partial charge in [0.1, 0.15) is 12.7 Å². The summed E-state index contributed by atoms with van der Waals surface area (Å²) in [6.07, 6.45) is 1.33. The largest absolute Gasteiger partial charge is 0.493 e. The molecule has 24 heavy (non-hydrogen) atoms. The normalized spacial score (nSPS) is 11.7. The van der Waals surface area contributed by atoms with Crippen LogP contribution in [0, 0.1) is 0 Å². The van der Waals surface area contributed by atoms with Crippen molar-refractivity contribution in [2.75, 3.05) is 27.9 Å². The average molecular weight is 336 g/mol. The molecule has 1 unspecified atom stereocenters. The smallest absolute Gasteiger partial charge is 0.336 e. The van der Waals surface area contributed by atoms with Crippen molar-refractivity contribution >= 4 is 11.9 Å². The van der Waals surface area contributed by atoms with Gasteiger partial charge >= 0.3 is 11.9 Å². The Kier molecular flexibility index (Phi) is 7.51. The van der Waals surface area contributed by atoms with Crippen molar-refractivity contribution in [1.82, 2.24) is 0 Å². The minimum absolute atomic E-state index is 0.0277. The Morgan fingerprint density at radius 3 is 2.54 bits per heavy atom. The van der Waals surface area contributed by atoms with Crippen LogP contribution in [0.25, 0.3) is 0 Å². The van der Waals surface area contributed by atoms with Gasteiger partial charge in [0.05, 0.1) is 26.9 Å². The van der Waals surface area contributed by atoms with Crippen molar-refractivity contribution in [1.29, 1.82) is 0 Å². The second-order valence-electron chi connectivity index (χ2n) is 4.53. The number of benzene rings is 1. The third-order valence-electron chi connectivity index (χ3n) is 3.08. The molecule has 0 fully saturated rings. The van der Waals surface area contributed by atoms with Crippen LogP contribution in [0.15, 0.2) is 42.5 Å². The van der Waals surface area contributed by atoms with Gasteiger partial charge < -0.3 is 24.1 Å². The first-order chi connectivity index (χ1) is 11.5. The molecule has 0 bridgehead atoms. The summed E-state index contributed by atoms with van der Waals surface area (Å²) >= 11 is 0. The number of aliphatic hydroxyl groups excluding tert-OH is 1. The Hall–Kier alpha value is -2.80. The van der Waals surface area contributed by atoms with Crippen LogP contribution in [0.2, 0.25) is 0 Å². The van der Waals surface area contributed by atoms with Crippen LogP contribution in [-0.4, -0.2) is 45.0 Å². The maximum absolute atomic E-state index is 11.5. The average Bonchev–Trinajstić information content (AvgIpc) is 2.62. The first kappa shape index (κ1) is 19.2. The Morgan fingerprint density at radius 1 is 1.25 bits per heavy atom. The second kappa shape index (κ2) is 9.36. The summed E-state index contributed by atoms with van der Waals surface area (Å²) in [5.74, 6) is -0.664. The van der Waals surface area contributed by atoms with Gasteiger partial charge in [0.25, 0.3) is 0 Å². The fourth-order valence-corrected chi connectivity index (χ4v) is 1.84. The number of carbonyl (C=O) groups excluding carboxylic acids is 2. The third kappa shape index (κ3) is 4.85. The van der Waals surface area contributed by atoms with E-state index in [1.807, 2.05) is 0 Å². The summed E-state index contributed by atoms with van der Waals surface area (Å²) in [4.78, 5) is 22.6. The summed E-state index contributed by atoms with van der Waals surface area (Å²) < 4.78 is 19.8. The molecule has 1 N–H and O–H groups in total. The molecule has 130 valence electrons. The summed E-state index contributed by atoms with van der Waals surface area (Å²) in [7, 11) is 3.90. The molecule has 0 aliphatic carbocycles. The number of hydrogen-bond acceptors (Lipinski definition) is 7. The topological polar surface area (TPSA) is 91.3 Å². The van der Waals surface area contributed by atoms with Gasteiger partial charge in [0.2, 0.25) is 0 Å². The molecule has 1 aromatic rings. The minimum Gasteiger partial charge on any atom is -0.493 e. The van der Waals surface area contributed by atoms with Crippen molar-refractivity contribution in [3.63, 3.8) is 0 Å². The van der Waals surface area contributed by atoms with E-state index in [9.17, 15) is 14.7 Å². The summed E-state index contributed by atoms with van der Waals surface area (Å²) in [5, 5.41) is 10.3. The van der Waals surface area contributed by atoms with E-state index in [0.29, 0.717) is 5.75 Å². The van der Waals surface area contributed by atoms with Gasteiger partial charge in [0.15, 0.2) is 11.5 Å². The van der Waals surface area contributed by atoms with Crippen LogP contribution in [0.3, 0.4) is 0 Å². The lowest BCUT2D eigenvalue weighted by Gasteiger charge is -2.18. The van der Waals surface area contributed by atoms with Crippen LogP contribution in [-0.2, 0) is 19.1 Å². The van der Waals surface area contributed by atoms with Crippen LogP contribution in [0.4, 0.5) is 0 Å². The van der Waals surface area contributed by atoms with Gasteiger partial charge in [0, 0.05) is 11.6 Å². The van der Waals surface area contributed by atoms with Crippen LogP contribution >= 0.6 is 0 Å². The van der Waals surface area contributed by atoms with E-state index >= 15 is 0 Å². The molecule has 0 saturated heterocycles. The highest BCUT2D eigenvalue weighted by molar-refractivity contribution is 5.89. The molecule has 1 aromatic carbocycles. The number of para-hydroxylation sites is 1. The molecule has 0 aliphatic heterocycles. The van der Waals surface area contributed by atoms with E-state index in [4.69, 9.17) is 9.47 Å². The number of carbonyl (C=O) groups is 2. The van der Waals surface area contributed by atoms with E-state index in [2.05, 4.69) is 16.1 Å². The predicted molar refractivity (Wildman–Crippen MR) is 85.8 cm³/mol. The molecular weight excluding hydrogens is 316 g/mol. The van der Waals surface area contributed by atoms with Gasteiger partial charge in [-0.3, -0.25) is 0 Å². The lowest BCUT2D eigenvalue weighted by molar-refractivity contribution is -0.137. The highest BCUT2D eigenvalue weighted by atomic mass is 16.5. The molecule has 0 aliphatic rings. The molecule has 0 spiro atoms. The molecule has 1 rings (SSSR count). The Balaban J connectivity index is 3.04. The lowest BCUT2D eigenvalue weighted by Crippen LogP contribution is -2.13. The Morgan fingerprint density at radius 2 is 1.96 bits per heavy atom. The van der Waals surface area contributed by atoms with Gasteiger partial charge in [-0.15, -0.1) is 0 Å². The SMILES string of the molecule is C=C(C(=O)OC)C(O)c1cccc(OC)c1OC/C=C/C(=O)OC. The van der Waals surface area contributed by atoms with E-state index < -0.39 is 18.0 Å². The van der Waals surface area contributed by atoms with Crippen molar-refractivity contribution in [2.24, 2.45) is 0 Å². The van der Waals surface area contributed by atoms with E-state index in [0.717, 1.165) is 0 Å². The summed E-state index contributed by atoms with van der Waals surface area (Å²) in [5.41, 5.74) is 0.150. The summed E-state index contributed by atoms with van der Waals surface area (Å²) in [6, 6.07) is 4.84. The molecule has 0 saturated carbocycles. The first-order valence-electron chi connectivity index (χ1n) is 6.95. The molecule has 7 heteroatoms. The van der Waals surface area contributed by atoms with Gasteiger partial charge in [-0.25, -0.2) is 9.59 Å². The van der Waals surface area contributed by atoms with Crippen molar-refractivity contribution < 1.29 is 33.6 Å². The highest BCUT2D eigenvalue weighted by Gasteiger charge is 2.24. The zero-order chi connectivity index (χ0) is 18.1. The summed E-state index contributed by atoms with van der Waals surface area (Å²) in [6.45, 7) is 3.56. The zero-order valence-electron chi connectivity index (χ0n) is 13.8. The lowest BCUT2D eigenvalue weighted by atomic mass is 10.0. The van der Waals surface area contributed by atoms with Crippen molar-refractivity contribution in [2.45, 2.75) is 6.10 Å². The highest BCUT2D eigenvalue weighted by Crippen LogP contribution is 2.37. The zero-order valence-corrected chi connectivity index (χ0v) is 13.8. The Bertz CT molecular complexity index is 634. The van der Waals surface area contributed by atoms with Crippen molar-refractivity contribution in [3.05, 3.63) is 48.1 Å². The van der Waals surface area contributed by atoms with E-state index in [1.54, 1.807) is 18.2 Å². The number of methoxy groups -OCH3 is 3. The molecule has 0 aromatic heterocycles. The van der Waals surface area contributed by atoms with Crippen LogP contribution < -0.4 is 9.47 Å². The van der Waals surface area contributed by atoms with Crippen LogP contribution in [0.1, 0.15) is 11.7 Å². The molecule has 0 radical (unpaired) electrons. The number of rotatable bonds is 8. The predicted octanol–water partition coefficient (Wildman–Crippen LogP) is 1.57. The fraction of sp³-hybridized carbons (Fsp3) is 0.294. The quantitative estimate of drug-likeness (QED) is 0.569. The number of ether oxygens (including phenoxy) is 4. The van der Waals surface area contributed by atoms with Crippen molar-refractivity contribution in [3.8, 4) is 11.5 Å². The van der Waals surface area contributed by atoms with Gasteiger partial charge in [-0.2, -0.15) is 0 Å². The van der Waals surface area contributed by atoms with Gasteiger partial charge in [-0.05, 0) is 12.1 Å². The fourth-order valence-electron chi connectivity index (χ4n) is 1.84. The molecule has 7 nitrogen and oxygen atoms in total. The molecular formula is C17H20O7. The monoisotopic (exact) mass is 336 g/mol. The molecule has 0 heterocycles. The number of esters is 2. The maximum Gasteiger partial charge on any atom is 0.336 e. The number of aliphatic hydroxyl groups is 1. The third-order valence-corrected chi connectivity index (χ3v) is 3.08. The van der Waals surface area contributed by atoms with Crippen LogP contribution in [0.5, 0.6) is 11.5 Å². The van der Waals surface area contributed by atoms with E-state index in [1.165, 1.54) is 33.5 Å². The molecule has 1 atom stereocenters. The second-order valence-corrected chi connectivity index (χ2v) is 4.53. The number of hydrogen-bond donors (Lipinski definition) is 1. The van der Waals surface area contributed by atoms with E-state index in [-0.39, 0.29) is 23.5 Å². The minimum atomic E-state index is -1.33. The van der Waals surface area contributed by atoms with Gasteiger partial charge in [-0.1, -0.05) is 18.7 Å². The Labute approximate surface area is 140 Å². The maximum atomic E-state index is 11.5. The standard InChI is InChI=1S/C17H20O7/c1-11(17(20)23-4)15(19)12-7-5-8-13(21-2)16(12)24-10-6-9-14(18)22-3/h5-9,15,19H,1,10H2,2-4H3/b9-6+. The molecule has 0 amide bonds.